The van der Waals surface area contributed by atoms with Gasteiger partial charge in [0.1, 0.15) is 0 Å². The summed E-state index contributed by atoms with van der Waals surface area (Å²) < 4.78 is 15.5. The van der Waals surface area contributed by atoms with E-state index in [-0.39, 0.29) is 6.10 Å². The van der Waals surface area contributed by atoms with E-state index >= 15 is 0 Å². The summed E-state index contributed by atoms with van der Waals surface area (Å²) in [6.07, 6.45) is 1.81. The second kappa shape index (κ2) is 13.2. The second-order valence-electron chi connectivity index (χ2n) is 4.55. The summed E-state index contributed by atoms with van der Waals surface area (Å²) in [5, 5.41) is 12.8. The average molecular weight is 263 g/mol. The van der Waals surface area contributed by atoms with Crippen molar-refractivity contribution < 1.29 is 19.3 Å². The normalized spacial score (nSPS) is 13.2. The maximum atomic E-state index is 9.57. The molecular formula is C13H29NO4. The first-order chi connectivity index (χ1) is 8.66. The Morgan fingerprint density at radius 3 is 2.56 bits per heavy atom. The van der Waals surface area contributed by atoms with Crippen LogP contribution in [0, 0.1) is 0 Å². The quantitative estimate of drug-likeness (QED) is 0.481. The molecule has 0 amide bonds. The van der Waals surface area contributed by atoms with E-state index in [1.54, 1.807) is 7.11 Å². The number of hydrogen-bond donors (Lipinski definition) is 2. The molecule has 18 heavy (non-hydrogen) atoms. The highest BCUT2D eigenvalue weighted by Gasteiger charge is 2.04. The van der Waals surface area contributed by atoms with E-state index in [1.807, 2.05) is 13.8 Å². The summed E-state index contributed by atoms with van der Waals surface area (Å²) in [4.78, 5) is 0. The first-order valence-corrected chi connectivity index (χ1v) is 6.74. The molecule has 0 aromatic heterocycles. The van der Waals surface area contributed by atoms with Gasteiger partial charge in [0.05, 0.1) is 32.0 Å². The van der Waals surface area contributed by atoms with Crippen molar-refractivity contribution in [2.24, 2.45) is 0 Å². The van der Waals surface area contributed by atoms with Gasteiger partial charge in [0.2, 0.25) is 0 Å². The van der Waals surface area contributed by atoms with Crippen LogP contribution in [0.4, 0.5) is 0 Å². The van der Waals surface area contributed by atoms with Crippen LogP contribution in [-0.4, -0.2) is 63.9 Å². The van der Waals surface area contributed by atoms with Crippen LogP contribution in [-0.2, 0) is 14.2 Å². The Kier molecular flexibility index (Phi) is 13.1. The highest BCUT2D eigenvalue weighted by Crippen LogP contribution is 1.92. The molecule has 0 fully saturated rings. The predicted octanol–water partition coefficient (Wildman–Crippen LogP) is 0.805. The number of hydrogen-bond acceptors (Lipinski definition) is 5. The molecule has 2 N–H and O–H groups in total. The van der Waals surface area contributed by atoms with Gasteiger partial charge >= 0.3 is 0 Å². The minimum absolute atomic E-state index is 0.170. The van der Waals surface area contributed by atoms with Crippen molar-refractivity contribution in [2.75, 3.05) is 46.6 Å². The molecule has 0 saturated carbocycles. The highest BCUT2D eigenvalue weighted by atomic mass is 16.5. The standard InChI is InChI=1S/C13H29NO4/c1-12(2)18-11-13(15)10-14-6-4-5-7-17-9-8-16-3/h12-15H,4-11H2,1-3H3. The number of rotatable bonds is 13. The molecule has 1 atom stereocenters. The van der Waals surface area contributed by atoms with Gasteiger partial charge in [-0.3, -0.25) is 0 Å². The number of aliphatic hydroxyl groups excluding tert-OH is 1. The fourth-order valence-corrected chi connectivity index (χ4v) is 1.33. The van der Waals surface area contributed by atoms with Crippen molar-refractivity contribution >= 4 is 0 Å². The zero-order chi connectivity index (χ0) is 13.6. The van der Waals surface area contributed by atoms with Crippen LogP contribution in [0.3, 0.4) is 0 Å². The van der Waals surface area contributed by atoms with Crippen LogP contribution >= 0.6 is 0 Å². The van der Waals surface area contributed by atoms with Gasteiger partial charge in [0, 0.05) is 20.3 Å². The molecule has 0 spiro atoms. The third-order valence-electron chi connectivity index (χ3n) is 2.33. The van der Waals surface area contributed by atoms with Crippen molar-refractivity contribution in [2.45, 2.75) is 38.9 Å². The summed E-state index contributed by atoms with van der Waals surface area (Å²) in [5.41, 5.74) is 0. The van der Waals surface area contributed by atoms with Crippen molar-refractivity contribution in [3.8, 4) is 0 Å². The van der Waals surface area contributed by atoms with Crippen molar-refractivity contribution in [1.29, 1.82) is 0 Å². The molecule has 0 bridgehead atoms. The van der Waals surface area contributed by atoms with Crippen molar-refractivity contribution in [1.82, 2.24) is 5.32 Å². The lowest BCUT2D eigenvalue weighted by atomic mass is 10.3. The van der Waals surface area contributed by atoms with Gasteiger partial charge in [-0.25, -0.2) is 0 Å². The molecule has 5 nitrogen and oxygen atoms in total. The molecule has 0 aromatic carbocycles. The van der Waals surface area contributed by atoms with Crippen LogP contribution in [0.5, 0.6) is 0 Å². The number of nitrogens with one attached hydrogen (secondary N) is 1. The van der Waals surface area contributed by atoms with Gasteiger partial charge in [0.25, 0.3) is 0 Å². The zero-order valence-corrected chi connectivity index (χ0v) is 12.0. The van der Waals surface area contributed by atoms with Gasteiger partial charge < -0.3 is 24.6 Å². The number of aliphatic hydroxyl groups is 1. The summed E-state index contributed by atoms with van der Waals surface area (Å²) in [7, 11) is 1.67. The van der Waals surface area contributed by atoms with Gasteiger partial charge in [-0.1, -0.05) is 0 Å². The Labute approximate surface area is 111 Å². The summed E-state index contributed by atoms with van der Waals surface area (Å²) in [6, 6.07) is 0. The third-order valence-corrected chi connectivity index (χ3v) is 2.33. The minimum Gasteiger partial charge on any atom is -0.389 e. The maximum Gasteiger partial charge on any atom is 0.0897 e. The fourth-order valence-electron chi connectivity index (χ4n) is 1.33. The molecule has 0 aliphatic heterocycles. The second-order valence-corrected chi connectivity index (χ2v) is 4.55. The van der Waals surface area contributed by atoms with E-state index < -0.39 is 6.10 Å². The predicted molar refractivity (Wildman–Crippen MR) is 71.9 cm³/mol. The number of unbranched alkanes of at least 4 members (excludes halogenated alkanes) is 1. The third kappa shape index (κ3) is 13.9. The van der Waals surface area contributed by atoms with Crippen LogP contribution in [0.2, 0.25) is 0 Å². The molecule has 0 aliphatic carbocycles. The molecular weight excluding hydrogens is 234 g/mol. The average Bonchev–Trinajstić information content (AvgIpc) is 2.34. The largest absolute Gasteiger partial charge is 0.389 e. The van der Waals surface area contributed by atoms with Crippen LogP contribution in [0.15, 0.2) is 0 Å². The van der Waals surface area contributed by atoms with Gasteiger partial charge in [-0.15, -0.1) is 0 Å². The molecule has 110 valence electrons. The number of ether oxygens (including phenoxy) is 3. The molecule has 0 radical (unpaired) electrons. The van der Waals surface area contributed by atoms with Gasteiger partial charge in [-0.05, 0) is 33.2 Å². The lowest BCUT2D eigenvalue weighted by Gasteiger charge is -2.14. The first-order valence-electron chi connectivity index (χ1n) is 6.74. The highest BCUT2D eigenvalue weighted by molar-refractivity contribution is 4.59. The fraction of sp³-hybridized carbons (Fsp3) is 1.00. The summed E-state index contributed by atoms with van der Waals surface area (Å²) in [6.45, 7) is 7.88. The molecule has 5 heteroatoms. The van der Waals surface area contributed by atoms with Crippen molar-refractivity contribution in [3.05, 3.63) is 0 Å². The van der Waals surface area contributed by atoms with Crippen LogP contribution in [0.1, 0.15) is 26.7 Å². The Balaban J connectivity index is 3.10. The van der Waals surface area contributed by atoms with E-state index in [4.69, 9.17) is 14.2 Å². The molecule has 0 aliphatic rings. The SMILES string of the molecule is COCCOCCCCNCC(O)COC(C)C. The maximum absolute atomic E-state index is 9.57. The Morgan fingerprint density at radius 2 is 1.89 bits per heavy atom. The van der Waals surface area contributed by atoms with E-state index in [0.29, 0.717) is 26.4 Å². The zero-order valence-electron chi connectivity index (χ0n) is 12.0. The van der Waals surface area contributed by atoms with E-state index in [1.165, 1.54) is 0 Å². The topological polar surface area (TPSA) is 60.0 Å². The van der Waals surface area contributed by atoms with E-state index in [0.717, 1.165) is 26.0 Å². The Morgan fingerprint density at radius 1 is 1.11 bits per heavy atom. The molecule has 0 saturated heterocycles. The first kappa shape index (κ1) is 17.8. The molecule has 0 aromatic rings. The Hall–Kier alpha value is -0.200. The van der Waals surface area contributed by atoms with Gasteiger partial charge in [-0.2, -0.15) is 0 Å². The van der Waals surface area contributed by atoms with E-state index in [2.05, 4.69) is 5.32 Å². The smallest absolute Gasteiger partial charge is 0.0897 e. The Bertz CT molecular complexity index is 167. The molecule has 0 rings (SSSR count). The molecule has 0 heterocycles. The summed E-state index contributed by atoms with van der Waals surface area (Å²) >= 11 is 0. The van der Waals surface area contributed by atoms with E-state index in [9.17, 15) is 5.11 Å². The van der Waals surface area contributed by atoms with Gasteiger partial charge in [0.15, 0.2) is 0 Å². The van der Waals surface area contributed by atoms with Crippen LogP contribution < -0.4 is 5.32 Å². The number of methoxy groups -OCH3 is 1. The monoisotopic (exact) mass is 263 g/mol. The molecule has 1 unspecified atom stereocenters. The lowest BCUT2D eigenvalue weighted by Crippen LogP contribution is -2.31. The summed E-state index contributed by atoms with van der Waals surface area (Å²) in [5.74, 6) is 0. The minimum atomic E-state index is -0.426. The van der Waals surface area contributed by atoms with Crippen molar-refractivity contribution in [3.63, 3.8) is 0 Å². The lowest BCUT2D eigenvalue weighted by molar-refractivity contribution is 0.00638. The van der Waals surface area contributed by atoms with Crippen LogP contribution in [0.25, 0.3) is 0 Å².